The molecule has 1 aromatic carbocycles. The van der Waals surface area contributed by atoms with Crippen LogP contribution in [0.25, 0.3) is 21.3 Å². The van der Waals surface area contributed by atoms with Gasteiger partial charge in [-0.15, -0.1) is 0 Å². The van der Waals surface area contributed by atoms with Gasteiger partial charge in [-0.05, 0) is 24.1 Å². The molecule has 0 aliphatic carbocycles. The van der Waals surface area contributed by atoms with Crippen molar-refractivity contribution in [3.05, 3.63) is 45.5 Å². The lowest BCUT2D eigenvalue weighted by Crippen LogP contribution is -2.04. The first-order valence-electron chi connectivity index (χ1n) is 5.42. The molecule has 6 nitrogen and oxygen atoms in total. The molecule has 0 saturated heterocycles. The van der Waals surface area contributed by atoms with Crippen molar-refractivity contribution in [2.45, 2.75) is 6.92 Å². The van der Waals surface area contributed by atoms with Crippen LogP contribution in [0, 0.1) is 18.6 Å². The molecular weight excluding hydrogens is 270 g/mol. The minimum Gasteiger partial charge on any atom is -0.465 e. The Labute approximate surface area is 111 Å². The first-order valence-corrected chi connectivity index (χ1v) is 5.42. The van der Waals surface area contributed by atoms with E-state index in [-0.39, 0.29) is 27.7 Å². The van der Waals surface area contributed by atoms with Gasteiger partial charge in [0.1, 0.15) is 17.2 Å². The average molecular weight is 278 g/mol. The van der Waals surface area contributed by atoms with Gasteiger partial charge in [0, 0.05) is 16.5 Å². The summed E-state index contributed by atoms with van der Waals surface area (Å²) in [5.41, 5.74) is 7.67. The molecule has 8 heteroatoms. The summed E-state index contributed by atoms with van der Waals surface area (Å²) in [4.78, 5) is 17.8. The lowest BCUT2D eigenvalue weighted by Gasteiger charge is -2.09. The number of benzene rings is 1. The number of esters is 1. The standard InChI is InChI=1S/C12H8F2N4O2/c1-5-3-7(13)11-8(9(5)14)10(17-18-15)6(4-16-11)12(19)20-2/h3-4H,1-2H3. The number of aromatic nitrogens is 1. The molecule has 0 spiro atoms. The topological polar surface area (TPSA) is 88.0 Å². The van der Waals surface area contributed by atoms with E-state index in [0.29, 0.717) is 0 Å². The van der Waals surface area contributed by atoms with E-state index in [9.17, 15) is 13.6 Å². The van der Waals surface area contributed by atoms with Gasteiger partial charge in [-0.25, -0.2) is 13.6 Å². The van der Waals surface area contributed by atoms with Gasteiger partial charge in [-0.1, -0.05) is 5.11 Å². The van der Waals surface area contributed by atoms with Gasteiger partial charge < -0.3 is 4.74 Å². The van der Waals surface area contributed by atoms with E-state index >= 15 is 0 Å². The maximum Gasteiger partial charge on any atom is 0.339 e. The Morgan fingerprint density at radius 1 is 1.50 bits per heavy atom. The lowest BCUT2D eigenvalue weighted by molar-refractivity contribution is 0.0601. The van der Waals surface area contributed by atoms with E-state index in [2.05, 4.69) is 19.7 Å². The van der Waals surface area contributed by atoms with Crippen LogP contribution in [0.2, 0.25) is 0 Å². The van der Waals surface area contributed by atoms with Crippen LogP contribution >= 0.6 is 0 Å². The van der Waals surface area contributed by atoms with Gasteiger partial charge in [0.2, 0.25) is 0 Å². The molecule has 0 aliphatic rings. The molecule has 2 rings (SSSR count). The largest absolute Gasteiger partial charge is 0.465 e. The number of halogens is 2. The summed E-state index contributed by atoms with van der Waals surface area (Å²) in [5, 5.41) is 2.94. The fourth-order valence-electron chi connectivity index (χ4n) is 1.82. The number of pyridine rings is 1. The van der Waals surface area contributed by atoms with Crippen LogP contribution in [0.4, 0.5) is 14.5 Å². The molecule has 0 bridgehead atoms. The first kappa shape index (κ1) is 13.7. The van der Waals surface area contributed by atoms with E-state index in [4.69, 9.17) is 5.53 Å². The van der Waals surface area contributed by atoms with E-state index in [1.807, 2.05) is 0 Å². The number of methoxy groups -OCH3 is 1. The number of nitrogens with zero attached hydrogens (tertiary/aromatic N) is 4. The maximum atomic E-state index is 14.2. The smallest absolute Gasteiger partial charge is 0.339 e. The predicted molar refractivity (Wildman–Crippen MR) is 66.5 cm³/mol. The van der Waals surface area contributed by atoms with Crippen molar-refractivity contribution >= 4 is 22.6 Å². The Hall–Kier alpha value is -2.73. The molecule has 0 fully saturated rings. The van der Waals surface area contributed by atoms with Crippen LogP contribution in [0.1, 0.15) is 15.9 Å². The Morgan fingerprint density at radius 2 is 2.20 bits per heavy atom. The Bertz CT molecular complexity index is 770. The minimum absolute atomic E-state index is 0.00760. The van der Waals surface area contributed by atoms with Crippen molar-refractivity contribution in [2.24, 2.45) is 5.11 Å². The zero-order chi connectivity index (χ0) is 14.9. The average Bonchev–Trinajstić information content (AvgIpc) is 2.44. The fraction of sp³-hybridized carbons (Fsp3) is 0.167. The number of hydrogen-bond donors (Lipinski definition) is 0. The van der Waals surface area contributed by atoms with Crippen LogP contribution in [0.15, 0.2) is 17.4 Å². The van der Waals surface area contributed by atoms with Crippen molar-refractivity contribution in [3.8, 4) is 0 Å². The summed E-state index contributed by atoms with van der Waals surface area (Å²) in [5.74, 6) is -2.44. The van der Waals surface area contributed by atoms with Crippen LogP contribution in [-0.4, -0.2) is 18.1 Å². The number of ether oxygens (including phenoxy) is 1. The first-order chi connectivity index (χ1) is 9.51. The van der Waals surface area contributed by atoms with Crippen molar-refractivity contribution in [1.82, 2.24) is 4.98 Å². The number of azide groups is 1. The zero-order valence-corrected chi connectivity index (χ0v) is 10.5. The van der Waals surface area contributed by atoms with Crippen LogP contribution in [0.3, 0.4) is 0 Å². The Kier molecular flexibility index (Phi) is 3.49. The van der Waals surface area contributed by atoms with E-state index in [1.54, 1.807) is 0 Å². The number of fused-ring (bicyclic) bond motifs is 1. The molecule has 0 amide bonds. The second kappa shape index (κ2) is 5.10. The molecule has 0 saturated carbocycles. The summed E-state index contributed by atoms with van der Waals surface area (Å²) >= 11 is 0. The van der Waals surface area contributed by atoms with Gasteiger partial charge >= 0.3 is 5.97 Å². The second-order valence-electron chi connectivity index (χ2n) is 3.91. The van der Waals surface area contributed by atoms with Crippen LogP contribution in [-0.2, 0) is 4.74 Å². The normalized spacial score (nSPS) is 10.2. The second-order valence-corrected chi connectivity index (χ2v) is 3.91. The molecule has 0 radical (unpaired) electrons. The Balaban J connectivity index is 3.01. The predicted octanol–water partition coefficient (Wildman–Crippen LogP) is 3.55. The number of carbonyl (C=O) groups excluding carboxylic acids is 1. The number of hydrogen-bond acceptors (Lipinski definition) is 4. The molecule has 0 N–H and O–H groups in total. The highest BCUT2D eigenvalue weighted by Crippen LogP contribution is 2.34. The molecule has 0 atom stereocenters. The van der Waals surface area contributed by atoms with E-state index < -0.39 is 17.6 Å². The van der Waals surface area contributed by atoms with Crippen LogP contribution in [0.5, 0.6) is 0 Å². The van der Waals surface area contributed by atoms with Gasteiger partial charge in [0.25, 0.3) is 0 Å². The monoisotopic (exact) mass is 278 g/mol. The van der Waals surface area contributed by atoms with Gasteiger partial charge in [-0.2, -0.15) is 0 Å². The Morgan fingerprint density at radius 3 is 2.80 bits per heavy atom. The maximum absolute atomic E-state index is 14.2. The highest BCUT2D eigenvalue weighted by molar-refractivity contribution is 6.04. The summed E-state index contributed by atoms with van der Waals surface area (Å²) in [7, 11) is 1.11. The zero-order valence-electron chi connectivity index (χ0n) is 10.5. The molecule has 1 heterocycles. The molecular formula is C12H8F2N4O2. The third kappa shape index (κ3) is 2.02. The highest BCUT2D eigenvalue weighted by atomic mass is 19.1. The highest BCUT2D eigenvalue weighted by Gasteiger charge is 2.20. The third-order valence-corrected chi connectivity index (χ3v) is 2.74. The molecule has 2 aromatic rings. The van der Waals surface area contributed by atoms with Crippen molar-refractivity contribution in [3.63, 3.8) is 0 Å². The molecule has 1 aromatic heterocycles. The number of rotatable bonds is 2. The SMILES string of the molecule is COC(=O)c1cnc2c(F)cc(C)c(F)c2c1N=[N+]=[N-]. The third-order valence-electron chi connectivity index (χ3n) is 2.74. The van der Waals surface area contributed by atoms with Crippen molar-refractivity contribution < 1.29 is 18.3 Å². The van der Waals surface area contributed by atoms with Gasteiger partial charge in [0.15, 0.2) is 0 Å². The van der Waals surface area contributed by atoms with Crippen LogP contribution < -0.4 is 0 Å². The molecule has 20 heavy (non-hydrogen) atoms. The summed E-state index contributed by atoms with van der Waals surface area (Å²) in [6, 6.07) is 0.975. The summed E-state index contributed by atoms with van der Waals surface area (Å²) in [6.45, 7) is 1.35. The summed E-state index contributed by atoms with van der Waals surface area (Å²) in [6.07, 6.45) is 0.982. The molecule has 0 aliphatic heterocycles. The quantitative estimate of drug-likeness (QED) is 0.364. The number of carbonyl (C=O) groups is 1. The summed E-state index contributed by atoms with van der Waals surface area (Å²) < 4.78 is 32.4. The van der Waals surface area contributed by atoms with Crippen molar-refractivity contribution in [1.29, 1.82) is 0 Å². The molecule has 0 unspecified atom stereocenters. The lowest BCUT2D eigenvalue weighted by atomic mass is 10.1. The van der Waals surface area contributed by atoms with Gasteiger partial charge in [-0.3, -0.25) is 4.98 Å². The van der Waals surface area contributed by atoms with E-state index in [0.717, 1.165) is 19.4 Å². The van der Waals surface area contributed by atoms with Crippen molar-refractivity contribution in [2.75, 3.05) is 7.11 Å². The number of aryl methyl sites for hydroxylation is 1. The van der Waals surface area contributed by atoms with Gasteiger partial charge in [0.05, 0.1) is 18.4 Å². The van der Waals surface area contributed by atoms with E-state index in [1.165, 1.54) is 6.92 Å². The minimum atomic E-state index is -0.858. The molecule has 102 valence electrons. The fourth-order valence-corrected chi connectivity index (χ4v) is 1.82.